The Labute approximate surface area is 294 Å². The van der Waals surface area contributed by atoms with Gasteiger partial charge in [-0.25, -0.2) is 9.97 Å². The molecule has 0 saturated carbocycles. The first-order valence-electron chi connectivity index (χ1n) is 16.0. The van der Waals surface area contributed by atoms with E-state index in [0.717, 1.165) is 25.1 Å². The second kappa shape index (κ2) is 13.8. The predicted molar refractivity (Wildman–Crippen MR) is 185 cm³/mol. The maximum absolute atomic E-state index is 14.0. The highest BCUT2D eigenvalue weighted by molar-refractivity contribution is 6.39. The lowest BCUT2D eigenvalue weighted by molar-refractivity contribution is -0.144. The smallest absolute Gasteiger partial charge is 0.392 e. The van der Waals surface area contributed by atoms with Gasteiger partial charge in [-0.1, -0.05) is 47.5 Å². The molecule has 50 heavy (non-hydrogen) atoms. The fraction of sp³-hybridized carbons (Fsp3) is 0.324. The summed E-state index contributed by atoms with van der Waals surface area (Å²) in [6, 6.07) is 13.5. The second-order valence-corrected chi connectivity index (χ2v) is 13.1. The summed E-state index contributed by atoms with van der Waals surface area (Å²) in [4.78, 5) is 27.2. The highest BCUT2D eigenvalue weighted by Crippen LogP contribution is 2.41. The number of hydrogen-bond donors (Lipinski definition) is 4. The Kier molecular flexibility index (Phi) is 9.39. The number of aryl methyl sites for hydroxylation is 1. The van der Waals surface area contributed by atoms with Gasteiger partial charge in [-0.05, 0) is 56.1 Å². The number of aliphatic hydroxyl groups is 1. The third-order valence-electron chi connectivity index (χ3n) is 8.90. The first-order valence-corrected chi connectivity index (χ1v) is 16.8. The molecule has 0 bridgehead atoms. The number of likely N-dealkylation sites (tertiary alicyclic amines) is 1. The van der Waals surface area contributed by atoms with Crippen LogP contribution in [0.1, 0.15) is 52.9 Å². The van der Waals surface area contributed by atoms with Crippen LogP contribution < -0.4 is 16.0 Å². The van der Waals surface area contributed by atoms with Gasteiger partial charge in [0.2, 0.25) is 5.82 Å². The first-order chi connectivity index (χ1) is 24.0. The number of β-amino-alcohol motifs (C(OH)–C–C–N with tert-alkyl or cyclic N) is 1. The zero-order valence-corrected chi connectivity index (χ0v) is 28.2. The molecule has 0 unspecified atom stereocenters. The SMILES string of the molecule is CN[C@@H]1CCCn2nc(C(=O)Nc3cccc(-c4cccc(Nc5nc(C(F)(F)F)nc6cc(CN7CC[C@@H](O)C7)cnc56)c4Cl)c3Cl)cc21. The number of carbonyl (C=O) groups is 1. The molecule has 4 N–H and O–H groups in total. The van der Waals surface area contributed by atoms with Gasteiger partial charge in [0, 0.05) is 49.5 Å². The lowest BCUT2D eigenvalue weighted by Gasteiger charge is -2.22. The quantitative estimate of drug-likeness (QED) is 0.136. The Morgan fingerprint density at radius 1 is 1.02 bits per heavy atom. The molecule has 2 atom stereocenters. The van der Waals surface area contributed by atoms with E-state index in [0.29, 0.717) is 48.4 Å². The van der Waals surface area contributed by atoms with Crippen LogP contribution in [0.3, 0.4) is 0 Å². The van der Waals surface area contributed by atoms with Gasteiger partial charge in [-0.15, -0.1) is 0 Å². The van der Waals surface area contributed by atoms with Crippen LogP contribution in [-0.2, 0) is 19.3 Å². The standard InChI is InChI=1S/C34H32Cl2F3N9O2/c1-40-22-9-4-11-48-27(22)14-26(46-48)32(50)43-24-8-3-6-21(29(24)36)20-5-2-7-23(28(20)35)42-31-30-25(44-33(45-31)34(37,38)39)13-18(15-41-30)16-47-12-10-19(49)17-47/h2-3,5-8,13-15,19,22,40,49H,4,9-12,16-17H2,1H3,(H,43,50)(H,42,44,45)/t19-,22-/m1/s1. The summed E-state index contributed by atoms with van der Waals surface area (Å²) < 4.78 is 43.7. The van der Waals surface area contributed by atoms with Crippen LogP contribution >= 0.6 is 23.2 Å². The molecule has 5 aromatic rings. The van der Waals surface area contributed by atoms with Crippen LogP contribution in [0.15, 0.2) is 54.7 Å². The zero-order valence-electron chi connectivity index (χ0n) is 26.7. The topological polar surface area (TPSA) is 133 Å². The van der Waals surface area contributed by atoms with Gasteiger partial charge in [0.1, 0.15) is 5.52 Å². The van der Waals surface area contributed by atoms with Crippen molar-refractivity contribution < 1.29 is 23.1 Å². The van der Waals surface area contributed by atoms with Crippen molar-refractivity contribution in [2.45, 2.75) is 50.7 Å². The highest BCUT2D eigenvalue weighted by Gasteiger charge is 2.36. The molecular formula is C34H32Cl2F3N9O2. The summed E-state index contributed by atoms with van der Waals surface area (Å²) in [5.74, 6) is -1.94. The zero-order chi connectivity index (χ0) is 35.2. The maximum atomic E-state index is 14.0. The monoisotopic (exact) mass is 725 g/mol. The molecule has 2 aromatic carbocycles. The van der Waals surface area contributed by atoms with Gasteiger partial charge in [0.05, 0.1) is 38.7 Å². The number of rotatable bonds is 8. The minimum Gasteiger partial charge on any atom is -0.392 e. The van der Waals surface area contributed by atoms with Gasteiger partial charge in [-0.2, -0.15) is 18.3 Å². The molecule has 0 radical (unpaired) electrons. The lowest BCUT2D eigenvalue weighted by Crippen LogP contribution is -2.24. The predicted octanol–water partition coefficient (Wildman–Crippen LogP) is 6.83. The Bertz CT molecular complexity index is 2090. The van der Waals surface area contributed by atoms with Gasteiger partial charge in [0.15, 0.2) is 11.5 Å². The fourth-order valence-electron chi connectivity index (χ4n) is 6.45. The average molecular weight is 727 g/mol. The molecule has 0 spiro atoms. The molecule has 1 fully saturated rings. The van der Waals surface area contributed by atoms with Crippen LogP contribution in [0.4, 0.5) is 30.4 Å². The normalized spacial score (nSPS) is 18.0. The molecule has 2 aliphatic rings. The van der Waals surface area contributed by atoms with E-state index in [9.17, 15) is 23.1 Å². The number of fused-ring (bicyclic) bond motifs is 2. The van der Waals surface area contributed by atoms with Crippen molar-refractivity contribution >= 4 is 57.3 Å². The van der Waals surface area contributed by atoms with E-state index in [2.05, 4.69) is 36.0 Å². The van der Waals surface area contributed by atoms with E-state index >= 15 is 0 Å². The molecule has 7 rings (SSSR count). The summed E-state index contributed by atoms with van der Waals surface area (Å²) >= 11 is 13.7. The molecule has 1 saturated heterocycles. The van der Waals surface area contributed by atoms with Crippen molar-refractivity contribution in [2.75, 3.05) is 30.8 Å². The lowest BCUT2D eigenvalue weighted by atomic mass is 10.0. The van der Waals surface area contributed by atoms with Crippen LogP contribution in [0.2, 0.25) is 10.0 Å². The van der Waals surface area contributed by atoms with Gasteiger partial charge < -0.3 is 21.1 Å². The van der Waals surface area contributed by atoms with E-state index in [1.807, 2.05) is 16.6 Å². The molecule has 11 nitrogen and oxygen atoms in total. The maximum Gasteiger partial charge on any atom is 0.451 e. The number of anilines is 3. The van der Waals surface area contributed by atoms with E-state index in [4.69, 9.17) is 23.2 Å². The fourth-order valence-corrected chi connectivity index (χ4v) is 7.00. The van der Waals surface area contributed by atoms with E-state index in [-0.39, 0.29) is 44.3 Å². The summed E-state index contributed by atoms with van der Waals surface area (Å²) in [5.41, 5.74) is 3.51. The minimum atomic E-state index is -4.83. The van der Waals surface area contributed by atoms with Crippen molar-refractivity contribution in [2.24, 2.45) is 0 Å². The number of amides is 1. The number of carbonyl (C=O) groups excluding carboxylic acids is 1. The number of nitrogens with zero attached hydrogens (tertiary/aromatic N) is 6. The highest BCUT2D eigenvalue weighted by atomic mass is 35.5. The Hall–Kier alpha value is -4.34. The number of aliphatic hydroxyl groups excluding tert-OH is 1. The Morgan fingerprint density at radius 2 is 1.76 bits per heavy atom. The largest absolute Gasteiger partial charge is 0.451 e. The van der Waals surface area contributed by atoms with Gasteiger partial charge in [-0.3, -0.25) is 19.4 Å². The van der Waals surface area contributed by atoms with E-state index in [1.165, 1.54) is 0 Å². The Morgan fingerprint density at radius 3 is 2.46 bits per heavy atom. The molecule has 16 heteroatoms. The number of alkyl halides is 3. The van der Waals surface area contributed by atoms with Gasteiger partial charge >= 0.3 is 6.18 Å². The Balaban J connectivity index is 1.18. The van der Waals surface area contributed by atoms with E-state index in [1.54, 1.807) is 54.7 Å². The molecule has 260 valence electrons. The van der Waals surface area contributed by atoms with E-state index < -0.39 is 24.0 Å². The summed E-state index contributed by atoms with van der Waals surface area (Å²) in [6.07, 6.45) is -1.17. The van der Waals surface area contributed by atoms with Crippen molar-refractivity contribution in [1.29, 1.82) is 0 Å². The van der Waals surface area contributed by atoms with Crippen molar-refractivity contribution in [1.82, 2.24) is 34.9 Å². The average Bonchev–Trinajstić information content (AvgIpc) is 3.72. The number of aromatic nitrogens is 5. The van der Waals surface area contributed by atoms with Crippen molar-refractivity contribution in [3.05, 3.63) is 87.5 Å². The van der Waals surface area contributed by atoms with Crippen molar-refractivity contribution in [3.63, 3.8) is 0 Å². The number of pyridine rings is 1. The molecule has 5 heterocycles. The number of hydrogen-bond acceptors (Lipinski definition) is 9. The third-order valence-corrected chi connectivity index (χ3v) is 9.72. The molecule has 1 amide bonds. The summed E-state index contributed by atoms with van der Waals surface area (Å²) in [7, 11) is 1.87. The molecular weight excluding hydrogens is 694 g/mol. The van der Waals surface area contributed by atoms with Crippen LogP contribution in [0.25, 0.3) is 22.2 Å². The first kappa shape index (κ1) is 34.1. The third kappa shape index (κ3) is 6.86. The van der Waals surface area contributed by atoms with Crippen LogP contribution in [0, 0.1) is 0 Å². The van der Waals surface area contributed by atoms with Crippen molar-refractivity contribution in [3.8, 4) is 11.1 Å². The molecule has 0 aliphatic carbocycles. The van der Waals surface area contributed by atoms with Gasteiger partial charge in [0.25, 0.3) is 5.91 Å². The van der Waals surface area contributed by atoms with Crippen LogP contribution in [0.5, 0.6) is 0 Å². The van der Waals surface area contributed by atoms with Crippen LogP contribution in [-0.4, -0.2) is 66.9 Å². The number of benzene rings is 2. The molecule has 2 aliphatic heterocycles. The molecule has 3 aromatic heterocycles. The second-order valence-electron chi connectivity index (χ2n) is 12.4. The number of nitrogens with one attached hydrogen (secondary N) is 3. The number of halogens is 5. The summed E-state index contributed by atoms with van der Waals surface area (Å²) in [6.45, 7) is 2.27. The minimum absolute atomic E-state index is 0.00544. The summed E-state index contributed by atoms with van der Waals surface area (Å²) in [5, 5.41) is 23.8.